The molecular weight excluding hydrogens is 466 g/mol. The summed E-state index contributed by atoms with van der Waals surface area (Å²) in [7, 11) is 0. The Kier molecular flexibility index (Phi) is 10.2. The van der Waals surface area contributed by atoms with Crippen molar-refractivity contribution in [1.82, 2.24) is 20.3 Å². The number of aromatic nitrogens is 2. The number of unbranched alkanes of at least 4 members (excludes halogenated alkanes) is 3. The molecule has 1 aromatic heterocycles. The minimum absolute atomic E-state index is 0.321. The maximum absolute atomic E-state index is 11.2. The molecule has 0 unspecified atom stereocenters. The van der Waals surface area contributed by atoms with Crippen LogP contribution < -0.4 is 10.8 Å². The van der Waals surface area contributed by atoms with Crippen molar-refractivity contribution >= 4 is 17.5 Å². The molecule has 2 aromatic carbocycles. The Morgan fingerprint density at radius 2 is 1.89 bits per heavy atom. The van der Waals surface area contributed by atoms with E-state index in [0.29, 0.717) is 25.6 Å². The Bertz CT molecular complexity index is 1180. The molecule has 0 radical (unpaired) electrons. The van der Waals surface area contributed by atoms with Crippen LogP contribution in [0.5, 0.6) is 0 Å². The number of anilines is 2. The van der Waals surface area contributed by atoms with Gasteiger partial charge in [-0.15, -0.1) is 0 Å². The molecule has 1 aliphatic heterocycles. The number of carbonyl (C=O) groups excluding carboxylic acids is 1. The Morgan fingerprint density at radius 1 is 1.03 bits per heavy atom. The van der Waals surface area contributed by atoms with Gasteiger partial charge in [-0.2, -0.15) is 0 Å². The molecule has 1 amide bonds. The summed E-state index contributed by atoms with van der Waals surface area (Å²) in [6.07, 6.45) is 10.2. The number of carbonyl (C=O) groups is 1. The number of ether oxygens (including phenoxy) is 1. The van der Waals surface area contributed by atoms with E-state index in [2.05, 4.69) is 63.8 Å². The van der Waals surface area contributed by atoms with E-state index in [1.165, 1.54) is 5.56 Å². The Labute approximate surface area is 218 Å². The lowest BCUT2D eigenvalue weighted by Crippen LogP contribution is -2.25. The van der Waals surface area contributed by atoms with Gasteiger partial charge in [0, 0.05) is 37.0 Å². The smallest absolute Gasteiger partial charge is 0.243 e. The first-order valence-corrected chi connectivity index (χ1v) is 12.9. The van der Waals surface area contributed by atoms with E-state index in [1.54, 1.807) is 11.7 Å². The van der Waals surface area contributed by atoms with Crippen molar-refractivity contribution in [3.63, 3.8) is 0 Å². The van der Waals surface area contributed by atoms with Gasteiger partial charge in [0.1, 0.15) is 0 Å². The Hall–Kier alpha value is -3.59. The molecule has 8 heteroatoms. The molecule has 2 heterocycles. The monoisotopic (exact) mass is 501 g/mol. The van der Waals surface area contributed by atoms with Crippen LogP contribution in [0.1, 0.15) is 43.2 Å². The van der Waals surface area contributed by atoms with Gasteiger partial charge in [-0.3, -0.25) is 14.9 Å². The van der Waals surface area contributed by atoms with E-state index in [4.69, 9.17) is 14.9 Å². The molecule has 0 saturated carbocycles. The van der Waals surface area contributed by atoms with Crippen LogP contribution in [-0.4, -0.2) is 45.7 Å². The average molecular weight is 502 g/mol. The van der Waals surface area contributed by atoms with Crippen LogP contribution in [0, 0.1) is 0 Å². The van der Waals surface area contributed by atoms with E-state index in [9.17, 15) is 4.79 Å². The second-order valence-corrected chi connectivity index (χ2v) is 9.21. The van der Waals surface area contributed by atoms with Gasteiger partial charge in [0.05, 0.1) is 18.9 Å². The fourth-order valence-corrected chi connectivity index (χ4v) is 4.34. The third-order valence-electron chi connectivity index (χ3n) is 6.23. The molecule has 0 aliphatic carbocycles. The Balaban J connectivity index is 1.46. The molecule has 6 bridgehead atoms. The van der Waals surface area contributed by atoms with Crippen LogP contribution in [0.4, 0.5) is 11.6 Å². The quantitative estimate of drug-likeness (QED) is 0.176. The molecule has 0 atom stereocenters. The zero-order chi connectivity index (χ0) is 25.7. The van der Waals surface area contributed by atoms with Crippen LogP contribution in [0.2, 0.25) is 0 Å². The first-order chi connectivity index (χ1) is 18.2. The zero-order valence-corrected chi connectivity index (χ0v) is 21.1. The molecule has 3 N–H and O–H groups in total. The summed E-state index contributed by atoms with van der Waals surface area (Å²) >= 11 is 0. The summed E-state index contributed by atoms with van der Waals surface area (Å²) < 4.78 is 5.90. The summed E-state index contributed by atoms with van der Waals surface area (Å²) in [5, 5.41) is 12.0. The van der Waals surface area contributed by atoms with Crippen molar-refractivity contribution in [2.45, 2.75) is 45.3 Å². The normalized spacial score (nSPS) is 15.2. The topological polar surface area (TPSA) is 99.6 Å². The van der Waals surface area contributed by atoms with Crippen molar-refractivity contribution in [3.8, 4) is 11.3 Å². The predicted molar refractivity (Wildman–Crippen MR) is 144 cm³/mol. The number of rotatable bonds is 7. The average Bonchev–Trinajstić information content (AvgIpc) is 2.92. The number of nitrogens with zero attached hydrogens (tertiary/aromatic N) is 3. The van der Waals surface area contributed by atoms with Gasteiger partial charge in [0.2, 0.25) is 11.9 Å². The van der Waals surface area contributed by atoms with Crippen molar-refractivity contribution in [1.29, 1.82) is 0 Å². The van der Waals surface area contributed by atoms with Gasteiger partial charge < -0.3 is 10.1 Å². The van der Waals surface area contributed by atoms with Gasteiger partial charge in [0.15, 0.2) is 0 Å². The number of fused-ring (bicyclic) bond motifs is 7. The van der Waals surface area contributed by atoms with Gasteiger partial charge in [-0.25, -0.2) is 15.4 Å². The lowest BCUT2D eigenvalue weighted by Gasteiger charge is -2.21. The molecule has 1 aliphatic rings. The number of amides is 1. The maximum Gasteiger partial charge on any atom is 0.243 e. The van der Waals surface area contributed by atoms with E-state index in [1.807, 2.05) is 18.2 Å². The number of nitrogens with one attached hydrogen (secondary N) is 2. The van der Waals surface area contributed by atoms with Crippen LogP contribution in [0.3, 0.4) is 0 Å². The van der Waals surface area contributed by atoms with E-state index in [0.717, 1.165) is 67.8 Å². The molecule has 0 fully saturated rings. The summed E-state index contributed by atoms with van der Waals surface area (Å²) in [5.41, 5.74) is 6.85. The first-order valence-electron chi connectivity index (χ1n) is 12.9. The van der Waals surface area contributed by atoms with Crippen molar-refractivity contribution in [2.24, 2.45) is 0 Å². The zero-order valence-electron chi connectivity index (χ0n) is 21.1. The summed E-state index contributed by atoms with van der Waals surface area (Å²) in [5.74, 6) is 0.241. The fourth-order valence-electron chi connectivity index (χ4n) is 4.34. The van der Waals surface area contributed by atoms with Crippen LogP contribution in [0.15, 0.2) is 72.9 Å². The Morgan fingerprint density at radius 3 is 2.81 bits per heavy atom. The highest BCUT2D eigenvalue weighted by molar-refractivity contribution is 5.74. The fraction of sp³-hybridized carbons (Fsp3) is 0.345. The third kappa shape index (κ3) is 8.78. The van der Waals surface area contributed by atoms with Crippen LogP contribution >= 0.6 is 0 Å². The third-order valence-corrected chi connectivity index (χ3v) is 6.23. The molecule has 37 heavy (non-hydrogen) atoms. The van der Waals surface area contributed by atoms with E-state index < -0.39 is 0 Å². The van der Waals surface area contributed by atoms with Crippen molar-refractivity contribution in [3.05, 3.63) is 84.1 Å². The van der Waals surface area contributed by atoms with E-state index in [-0.39, 0.29) is 5.91 Å². The molecule has 0 spiro atoms. The number of hydrogen-bond acceptors (Lipinski definition) is 7. The van der Waals surface area contributed by atoms with Gasteiger partial charge in [-0.05, 0) is 54.8 Å². The minimum atomic E-state index is -0.321. The highest BCUT2D eigenvalue weighted by atomic mass is 16.5. The minimum Gasteiger partial charge on any atom is -0.373 e. The summed E-state index contributed by atoms with van der Waals surface area (Å²) in [6.45, 7) is 3.69. The number of benzene rings is 2. The molecule has 8 nitrogen and oxygen atoms in total. The van der Waals surface area contributed by atoms with Crippen molar-refractivity contribution < 1.29 is 14.7 Å². The molecular formula is C29H35N5O3. The standard InChI is InChI=1S/C29H35N5O3/c35-28(33-36)13-3-1-2-4-16-34-17-5-6-18-37-22-24-10-7-11-25(19-24)27-14-15-30-29(32-27)31-26-12-8-9-23(20-26)21-34/h5-12,14-15,19-20,36H,1-4,13,16-18,21-22H2,(H,33,35)(H,30,31,32)/b6-5+. The van der Waals surface area contributed by atoms with Crippen LogP contribution in [0.25, 0.3) is 11.3 Å². The SMILES string of the molecule is O=C(CCCCCCN1C/C=C/COCc2cccc(c2)-c2ccnc(n2)Nc2cccc(c2)C1)NO. The molecule has 0 saturated heterocycles. The molecule has 3 aromatic rings. The predicted octanol–water partition coefficient (Wildman–Crippen LogP) is 5.23. The number of hydroxylamine groups is 1. The van der Waals surface area contributed by atoms with Crippen molar-refractivity contribution in [2.75, 3.05) is 25.0 Å². The second kappa shape index (κ2) is 14.2. The highest BCUT2D eigenvalue weighted by Crippen LogP contribution is 2.22. The highest BCUT2D eigenvalue weighted by Gasteiger charge is 2.08. The second-order valence-electron chi connectivity index (χ2n) is 9.21. The number of hydrogen-bond donors (Lipinski definition) is 3. The lowest BCUT2D eigenvalue weighted by atomic mass is 10.1. The molecule has 4 rings (SSSR count). The summed E-state index contributed by atoms with van der Waals surface area (Å²) in [4.78, 5) is 22.8. The van der Waals surface area contributed by atoms with Gasteiger partial charge >= 0.3 is 0 Å². The largest absolute Gasteiger partial charge is 0.373 e. The lowest BCUT2D eigenvalue weighted by molar-refractivity contribution is -0.129. The summed E-state index contributed by atoms with van der Waals surface area (Å²) in [6, 6.07) is 18.5. The van der Waals surface area contributed by atoms with Gasteiger partial charge in [0.25, 0.3) is 0 Å². The first kappa shape index (κ1) is 26.5. The van der Waals surface area contributed by atoms with E-state index >= 15 is 0 Å². The maximum atomic E-state index is 11.2. The van der Waals surface area contributed by atoms with Crippen LogP contribution in [-0.2, 0) is 22.7 Å². The van der Waals surface area contributed by atoms with Gasteiger partial charge in [-0.1, -0.05) is 55.3 Å². The molecule has 194 valence electrons.